The molecule has 0 heterocycles. The van der Waals surface area contributed by atoms with E-state index in [0.717, 1.165) is 32.1 Å². The van der Waals surface area contributed by atoms with Crippen LogP contribution in [0.2, 0.25) is 0 Å². The molecule has 0 radical (unpaired) electrons. The Balaban J connectivity index is 1.85. The molecular formula is C12H19BO4. The Morgan fingerprint density at radius 3 is 2.35 bits per heavy atom. The highest BCUT2D eigenvalue weighted by molar-refractivity contribution is 6.12. The van der Waals surface area contributed by atoms with E-state index in [0.29, 0.717) is 11.8 Å². The lowest BCUT2D eigenvalue weighted by molar-refractivity contribution is -0.184. The van der Waals surface area contributed by atoms with Crippen molar-refractivity contribution in [1.82, 2.24) is 0 Å². The minimum absolute atomic E-state index is 0.1000. The molecule has 0 saturated heterocycles. The topological polar surface area (TPSA) is 66.8 Å². The number of hydrogen-bond acceptors (Lipinski definition) is 3. The van der Waals surface area contributed by atoms with Crippen LogP contribution in [0, 0.1) is 17.3 Å². The summed E-state index contributed by atoms with van der Waals surface area (Å²) in [5.41, 5.74) is -0.641. The highest BCUT2D eigenvalue weighted by Crippen LogP contribution is 2.62. The van der Waals surface area contributed by atoms with Crippen molar-refractivity contribution in [2.45, 2.75) is 50.1 Å². The Kier molecular flexibility index (Phi) is 2.28. The van der Waals surface area contributed by atoms with Crippen molar-refractivity contribution in [3.05, 3.63) is 0 Å². The molecule has 17 heavy (non-hydrogen) atoms. The largest absolute Gasteiger partial charge is 0.505 e. The van der Waals surface area contributed by atoms with E-state index in [2.05, 4.69) is 0 Å². The van der Waals surface area contributed by atoms with E-state index in [1.165, 1.54) is 6.42 Å². The summed E-state index contributed by atoms with van der Waals surface area (Å²) in [7, 11) is 1.85. The van der Waals surface area contributed by atoms with Gasteiger partial charge in [0, 0.05) is 5.41 Å². The van der Waals surface area contributed by atoms with Gasteiger partial charge in [0.2, 0.25) is 0 Å². The summed E-state index contributed by atoms with van der Waals surface area (Å²) in [6.45, 7) is 0. The Labute approximate surface area is 102 Å². The first-order valence-corrected chi connectivity index (χ1v) is 6.53. The minimum atomic E-state index is -1.19. The molecule has 4 aliphatic carbocycles. The summed E-state index contributed by atoms with van der Waals surface area (Å²) in [6.07, 6.45) is 4.61. The summed E-state index contributed by atoms with van der Waals surface area (Å²) in [6, 6.07) is -0.294. The first-order valence-electron chi connectivity index (χ1n) is 6.53. The van der Waals surface area contributed by atoms with Crippen LogP contribution in [-0.2, 0) is 4.74 Å². The van der Waals surface area contributed by atoms with E-state index in [1.807, 2.05) is 7.85 Å². The fraction of sp³-hybridized carbons (Fsp3) is 0.917. The standard InChI is InChI=1S/C12H19BO4/c13-9(17-10(14)15)11-2-7-1-8(3-11)5-12(16,4-7)6-11/h7-9,16H,1-6,13H2,(H,14,15). The van der Waals surface area contributed by atoms with Gasteiger partial charge in [0.1, 0.15) is 0 Å². The van der Waals surface area contributed by atoms with Gasteiger partial charge in [0.25, 0.3) is 0 Å². The van der Waals surface area contributed by atoms with Crippen molar-refractivity contribution in [3.8, 4) is 0 Å². The minimum Gasteiger partial charge on any atom is -0.450 e. The van der Waals surface area contributed by atoms with Gasteiger partial charge < -0.3 is 14.9 Å². The van der Waals surface area contributed by atoms with Gasteiger partial charge in [-0.1, -0.05) is 0 Å². The van der Waals surface area contributed by atoms with Gasteiger partial charge in [-0.05, 0) is 50.4 Å². The Hall–Kier alpha value is -0.705. The number of aliphatic hydroxyl groups is 1. The monoisotopic (exact) mass is 238 g/mol. The first-order chi connectivity index (χ1) is 7.91. The van der Waals surface area contributed by atoms with Gasteiger partial charge >= 0.3 is 6.16 Å². The van der Waals surface area contributed by atoms with Crippen LogP contribution in [0.3, 0.4) is 0 Å². The van der Waals surface area contributed by atoms with Gasteiger partial charge in [-0.15, -0.1) is 0 Å². The van der Waals surface area contributed by atoms with Gasteiger partial charge in [0.05, 0.1) is 11.6 Å². The number of ether oxygens (including phenoxy) is 1. The lowest BCUT2D eigenvalue weighted by Gasteiger charge is -2.61. The molecule has 4 fully saturated rings. The molecule has 94 valence electrons. The average Bonchev–Trinajstić information content (AvgIpc) is 2.11. The van der Waals surface area contributed by atoms with Gasteiger partial charge in [-0.2, -0.15) is 0 Å². The highest BCUT2D eigenvalue weighted by Gasteiger charge is 2.59. The van der Waals surface area contributed by atoms with Crippen LogP contribution < -0.4 is 0 Å². The highest BCUT2D eigenvalue weighted by atomic mass is 16.7. The smallest absolute Gasteiger partial charge is 0.450 e. The van der Waals surface area contributed by atoms with Crippen molar-refractivity contribution in [2.24, 2.45) is 17.3 Å². The number of hydrogen-bond donors (Lipinski definition) is 2. The molecule has 5 heteroatoms. The normalized spacial score (nSPS) is 49.0. The van der Waals surface area contributed by atoms with Crippen molar-refractivity contribution < 1.29 is 19.7 Å². The van der Waals surface area contributed by atoms with Crippen LogP contribution in [-0.4, -0.2) is 35.8 Å². The maximum Gasteiger partial charge on any atom is 0.505 e. The molecule has 2 N–H and O–H groups in total. The van der Waals surface area contributed by atoms with Crippen molar-refractivity contribution >= 4 is 14.0 Å². The number of carbonyl (C=O) groups is 1. The quantitative estimate of drug-likeness (QED) is 0.555. The summed E-state index contributed by atoms with van der Waals surface area (Å²) in [5.74, 6) is 1.14. The third kappa shape index (κ3) is 1.75. The molecule has 4 nitrogen and oxygen atoms in total. The number of rotatable bonds is 2. The van der Waals surface area contributed by atoms with Crippen LogP contribution in [0.1, 0.15) is 38.5 Å². The second-order valence-corrected chi connectivity index (χ2v) is 6.57. The van der Waals surface area contributed by atoms with Crippen molar-refractivity contribution in [1.29, 1.82) is 0 Å². The van der Waals surface area contributed by atoms with E-state index in [1.54, 1.807) is 0 Å². The molecule has 4 bridgehead atoms. The second-order valence-electron chi connectivity index (χ2n) is 6.57. The molecule has 4 saturated carbocycles. The summed E-state index contributed by atoms with van der Waals surface area (Å²) < 4.78 is 4.99. The van der Waals surface area contributed by atoms with E-state index in [-0.39, 0.29) is 11.4 Å². The van der Waals surface area contributed by atoms with Gasteiger partial charge in [-0.3, -0.25) is 0 Å². The van der Waals surface area contributed by atoms with Gasteiger partial charge in [-0.25, -0.2) is 4.79 Å². The first kappa shape index (κ1) is 11.4. The molecule has 4 rings (SSSR count). The molecule has 0 aromatic heterocycles. The van der Waals surface area contributed by atoms with Crippen LogP contribution >= 0.6 is 0 Å². The summed E-state index contributed by atoms with van der Waals surface area (Å²) >= 11 is 0. The molecule has 4 aliphatic rings. The fourth-order valence-electron chi connectivity index (χ4n) is 5.04. The lowest BCUT2D eigenvalue weighted by atomic mass is 9.44. The Morgan fingerprint density at radius 2 is 1.88 bits per heavy atom. The molecule has 3 unspecified atom stereocenters. The van der Waals surface area contributed by atoms with E-state index in [9.17, 15) is 9.90 Å². The fourth-order valence-corrected chi connectivity index (χ4v) is 5.04. The molecule has 0 aromatic rings. The van der Waals surface area contributed by atoms with E-state index >= 15 is 0 Å². The molecule has 0 aromatic carbocycles. The predicted molar refractivity (Wildman–Crippen MR) is 63.5 cm³/mol. The van der Waals surface area contributed by atoms with Crippen LogP contribution in [0.15, 0.2) is 0 Å². The van der Waals surface area contributed by atoms with Gasteiger partial charge in [0.15, 0.2) is 7.85 Å². The SMILES string of the molecule is BC(OC(=O)O)C12CC3CC(CC(O)(C3)C1)C2. The number of carboxylic acid groups (broad SMARTS) is 1. The van der Waals surface area contributed by atoms with Crippen LogP contribution in [0.5, 0.6) is 0 Å². The van der Waals surface area contributed by atoms with Crippen molar-refractivity contribution in [2.75, 3.05) is 0 Å². The van der Waals surface area contributed by atoms with Crippen LogP contribution in [0.4, 0.5) is 4.79 Å². The predicted octanol–water partition coefficient (Wildman–Crippen LogP) is 0.971. The molecular weight excluding hydrogens is 219 g/mol. The zero-order valence-corrected chi connectivity index (χ0v) is 10.2. The summed E-state index contributed by atoms with van der Waals surface area (Å²) in [4.78, 5) is 10.7. The second kappa shape index (κ2) is 3.41. The Morgan fingerprint density at radius 1 is 1.29 bits per heavy atom. The van der Waals surface area contributed by atoms with E-state index in [4.69, 9.17) is 9.84 Å². The maximum atomic E-state index is 10.7. The van der Waals surface area contributed by atoms with E-state index < -0.39 is 11.8 Å². The molecule has 0 amide bonds. The zero-order valence-electron chi connectivity index (χ0n) is 10.2. The summed E-state index contributed by atoms with van der Waals surface area (Å²) in [5, 5.41) is 19.3. The molecule has 0 spiro atoms. The third-order valence-corrected chi connectivity index (χ3v) is 5.22. The maximum absolute atomic E-state index is 10.7. The Bertz CT molecular complexity index is 342. The third-order valence-electron chi connectivity index (χ3n) is 5.22. The van der Waals surface area contributed by atoms with Crippen molar-refractivity contribution in [3.63, 3.8) is 0 Å². The lowest BCUT2D eigenvalue weighted by Crippen LogP contribution is -2.60. The van der Waals surface area contributed by atoms with Crippen LogP contribution in [0.25, 0.3) is 0 Å². The molecule has 3 atom stereocenters. The zero-order chi connectivity index (χ0) is 12.3. The molecule has 0 aliphatic heterocycles. The average molecular weight is 238 g/mol.